The number of fused-ring (bicyclic) bond motifs is 5. The van der Waals surface area contributed by atoms with Crippen molar-refractivity contribution in [1.29, 1.82) is 0 Å². The second-order valence-electron chi connectivity index (χ2n) is 19.2. The summed E-state index contributed by atoms with van der Waals surface area (Å²) < 4.78 is 31.3. The van der Waals surface area contributed by atoms with Crippen molar-refractivity contribution in [2.45, 2.75) is 172 Å². The molecule has 0 aromatic rings. The number of piperidine rings is 2. The van der Waals surface area contributed by atoms with Crippen molar-refractivity contribution < 1.29 is 68.4 Å². The lowest BCUT2D eigenvalue weighted by Crippen LogP contribution is -2.78. The molecule has 0 radical (unpaired) electrons. The van der Waals surface area contributed by atoms with E-state index < -0.39 is 124 Å². The van der Waals surface area contributed by atoms with Crippen molar-refractivity contribution in [3.05, 3.63) is 0 Å². The number of esters is 4. The average molecular weight is 794 g/mol. The highest BCUT2D eigenvalue weighted by atomic mass is 16.7. The first-order valence-corrected chi connectivity index (χ1v) is 20.7. The van der Waals surface area contributed by atoms with Crippen LogP contribution in [0.3, 0.4) is 0 Å². The Morgan fingerprint density at radius 2 is 1.55 bits per heavy atom. The summed E-state index contributed by atoms with van der Waals surface area (Å²) in [6.45, 7) is 15.5. The van der Waals surface area contributed by atoms with Crippen LogP contribution in [0.2, 0.25) is 0 Å². The molecule has 7 aliphatic rings. The summed E-state index contributed by atoms with van der Waals surface area (Å²) in [7, 11) is 0. The van der Waals surface area contributed by atoms with Crippen LogP contribution >= 0.6 is 0 Å². The lowest BCUT2D eigenvalue weighted by molar-refractivity contribution is -0.301. The van der Waals surface area contributed by atoms with Gasteiger partial charge in [0.2, 0.25) is 5.79 Å². The highest BCUT2D eigenvalue weighted by molar-refractivity contribution is 5.79. The summed E-state index contributed by atoms with van der Waals surface area (Å²) >= 11 is 0. The van der Waals surface area contributed by atoms with Gasteiger partial charge in [-0.25, -0.2) is 4.79 Å². The Labute approximate surface area is 328 Å². The zero-order chi connectivity index (χ0) is 41.3. The smallest absolute Gasteiger partial charge is 0.338 e. The van der Waals surface area contributed by atoms with E-state index in [1.165, 1.54) is 20.8 Å². The Kier molecular flexibility index (Phi) is 10.1. The van der Waals surface area contributed by atoms with Crippen LogP contribution in [0.25, 0.3) is 0 Å². The number of hydrogen-bond acceptors (Lipinski definition) is 15. The van der Waals surface area contributed by atoms with Gasteiger partial charge in [-0.15, -0.1) is 0 Å². The van der Waals surface area contributed by atoms with E-state index in [0.717, 1.165) is 6.42 Å². The van der Waals surface area contributed by atoms with Gasteiger partial charge in [0.05, 0.1) is 35.1 Å². The number of aliphatic hydroxyl groups excluding tert-OH is 1. The number of hydrogen-bond donors (Lipinski definition) is 5. The predicted molar refractivity (Wildman–Crippen MR) is 195 cm³/mol. The van der Waals surface area contributed by atoms with Gasteiger partial charge < -0.3 is 49.2 Å². The Bertz CT molecular complexity index is 1620. The van der Waals surface area contributed by atoms with E-state index in [9.17, 15) is 44.7 Å². The average Bonchev–Trinajstić information content (AvgIpc) is 3.40. The summed E-state index contributed by atoms with van der Waals surface area (Å²) in [5.74, 6) is -10.8. The zero-order valence-corrected chi connectivity index (χ0v) is 34.2. The van der Waals surface area contributed by atoms with Crippen molar-refractivity contribution in [2.24, 2.45) is 46.8 Å². The third-order valence-electron chi connectivity index (χ3n) is 16.0. The second kappa shape index (κ2) is 13.6. The van der Waals surface area contributed by atoms with E-state index in [2.05, 4.69) is 11.8 Å². The molecule has 316 valence electrons. The van der Waals surface area contributed by atoms with Gasteiger partial charge in [-0.2, -0.15) is 0 Å². The van der Waals surface area contributed by atoms with Crippen LogP contribution in [-0.4, -0.2) is 132 Å². The molecule has 56 heavy (non-hydrogen) atoms. The number of aliphatic hydroxyl groups is 5. The van der Waals surface area contributed by atoms with Gasteiger partial charge >= 0.3 is 23.9 Å². The maximum atomic E-state index is 13.9. The largest absolute Gasteiger partial charge is 0.458 e. The number of carbonyl (C=O) groups is 4. The predicted octanol–water partition coefficient (Wildman–Crippen LogP) is 1.61. The van der Waals surface area contributed by atoms with Crippen molar-refractivity contribution >= 4 is 23.9 Å². The molecular formula is C41H63NO14. The van der Waals surface area contributed by atoms with Crippen LogP contribution in [-0.2, 0) is 42.9 Å². The molecule has 4 aliphatic carbocycles. The fourth-order valence-electron chi connectivity index (χ4n) is 13.1. The summed E-state index contributed by atoms with van der Waals surface area (Å²) in [6, 6.07) is -0.309. The van der Waals surface area contributed by atoms with Crippen molar-refractivity contribution in [3.8, 4) is 0 Å². The highest BCUT2D eigenvalue weighted by Crippen LogP contribution is 2.78. The van der Waals surface area contributed by atoms with Gasteiger partial charge in [-0.05, 0) is 76.5 Å². The minimum absolute atomic E-state index is 0.0107. The number of rotatable bonds is 8. The second-order valence-corrected chi connectivity index (χ2v) is 19.2. The van der Waals surface area contributed by atoms with E-state index in [0.29, 0.717) is 31.8 Å². The van der Waals surface area contributed by atoms with Crippen LogP contribution in [0, 0.1) is 46.8 Å². The molecule has 15 heteroatoms. The molecule has 0 aromatic heterocycles. The van der Waals surface area contributed by atoms with Gasteiger partial charge in [-0.3, -0.25) is 19.3 Å². The van der Waals surface area contributed by atoms with Crippen molar-refractivity contribution in [1.82, 2.24) is 4.90 Å². The van der Waals surface area contributed by atoms with E-state index in [1.807, 2.05) is 13.8 Å². The third-order valence-corrected chi connectivity index (χ3v) is 16.0. The Morgan fingerprint density at radius 1 is 0.929 bits per heavy atom. The van der Waals surface area contributed by atoms with Crippen LogP contribution in [0.4, 0.5) is 0 Å². The molecule has 7 fully saturated rings. The monoisotopic (exact) mass is 793 g/mol. The molecule has 3 saturated heterocycles. The molecule has 19 atom stereocenters. The first-order chi connectivity index (χ1) is 26.0. The van der Waals surface area contributed by atoms with Crippen LogP contribution in [0.1, 0.15) is 107 Å². The molecule has 0 amide bonds. The minimum atomic E-state index is -2.38. The van der Waals surface area contributed by atoms with E-state index in [-0.39, 0.29) is 31.7 Å². The van der Waals surface area contributed by atoms with Gasteiger partial charge in [0.15, 0.2) is 17.8 Å². The van der Waals surface area contributed by atoms with Crippen molar-refractivity contribution in [2.75, 3.05) is 13.1 Å². The molecule has 4 saturated carbocycles. The summed E-state index contributed by atoms with van der Waals surface area (Å²) in [4.78, 5) is 55.6. The van der Waals surface area contributed by atoms with Crippen LogP contribution in [0.15, 0.2) is 0 Å². The lowest BCUT2D eigenvalue weighted by Gasteiger charge is -2.64. The number of nitrogens with zero attached hydrogens (tertiary/aromatic N) is 1. The molecule has 7 rings (SSSR count). The molecular weight excluding hydrogens is 730 g/mol. The number of ether oxygens (including phenoxy) is 5. The molecule has 1 unspecified atom stereocenters. The first-order valence-electron chi connectivity index (χ1n) is 20.7. The maximum absolute atomic E-state index is 13.9. The Hall–Kier alpha value is -2.40. The normalized spacial score (nSPS) is 50.5. The van der Waals surface area contributed by atoms with Gasteiger partial charge in [-0.1, -0.05) is 34.6 Å². The Morgan fingerprint density at radius 3 is 2.14 bits per heavy atom. The molecule has 4 bridgehead atoms. The standard InChI is InChI=1S/C41H63NO14/c1-10-20(4)34(46)55-33-28(45)27-23(18-42-17-19(3)12-13-25(42)38(27,9)49)24-16-39-32(40(24,33)50)30(53-22(6)44)29(52-21(5)43)31-36(39,7)15-14-26(41(31,51)56-39)54-35(47)37(8,48)11-2/h19-20,23-33,45,48-51H,10-18H2,1-9H3/t19-,20+,23-,24-,25-,26-,27+,28+,29-,30+,31-,32+,33-,36-,37-,38?,39+,40-,41+/m0/s1. The highest BCUT2D eigenvalue weighted by Gasteiger charge is 2.90. The van der Waals surface area contributed by atoms with E-state index >= 15 is 0 Å². The molecule has 3 aliphatic heterocycles. The number of carbonyl (C=O) groups excluding carboxylic acids is 4. The van der Waals surface area contributed by atoms with Crippen molar-refractivity contribution in [3.63, 3.8) is 0 Å². The molecule has 5 N–H and O–H groups in total. The Balaban J connectivity index is 1.45. The SMILES string of the molecule is CC[C@@H](C)C(=O)O[C@H]1[C@H](O)[C@H]2[C@@H](CN3C[C@@H](C)CC[C@H]3C2(C)O)[C@@H]2C[C@]34O[C@]5(O)[C@@H](OC(=O)[C@@](C)(O)CC)CC[C@@]3(C)[C@@H]5[C@@H](OC(C)=O)[C@@H](OC(C)=O)[C@H]4[C@@]21O. The van der Waals surface area contributed by atoms with Crippen LogP contribution < -0.4 is 0 Å². The zero-order valence-electron chi connectivity index (χ0n) is 34.2. The third kappa shape index (κ3) is 5.60. The minimum Gasteiger partial charge on any atom is -0.458 e. The van der Waals surface area contributed by atoms with Gasteiger partial charge in [0.25, 0.3) is 0 Å². The summed E-state index contributed by atoms with van der Waals surface area (Å²) in [5, 5.41) is 62.9. The lowest BCUT2D eigenvalue weighted by atomic mass is 9.48. The fourth-order valence-corrected chi connectivity index (χ4v) is 13.1. The maximum Gasteiger partial charge on any atom is 0.338 e. The summed E-state index contributed by atoms with van der Waals surface area (Å²) in [6.07, 6.45) is -5.31. The molecule has 0 aromatic carbocycles. The molecule has 15 nitrogen and oxygen atoms in total. The quantitative estimate of drug-likeness (QED) is 0.174. The summed E-state index contributed by atoms with van der Waals surface area (Å²) in [5.41, 5.74) is -8.37. The van der Waals surface area contributed by atoms with Gasteiger partial charge in [0, 0.05) is 44.3 Å². The molecule has 3 heterocycles. The van der Waals surface area contributed by atoms with E-state index in [1.54, 1.807) is 20.8 Å². The topological polar surface area (TPSA) is 219 Å². The van der Waals surface area contributed by atoms with Gasteiger partial charge in [0.1, 0.15) is 17.8 Å². The van der Waals surface area contributed by atoms with Crippen LogP contribution in [0.5, 0.6) is 0 Å². The molecule has 1 spiro atoms. The fraction of sp³-hybridized carbons (Fsp3) is 0.902. The first kappa shape index (κ1) is 41.7. The van der Waals surface area contributed by atoms with E-state index in [4.69, 9.17) is 23.7 Å².